The fourth-order valence-corrected chi connectivity index (χ4v) is 2.62. The zero-order chi connectivity index (χ0) is 12.1. The molecule has 1 aromatic carbocycles. The summed E-state index contributed by atoms with van der Waals surface area (Å²) >= 11 is 0. The van der Waals surface area contributed by atoms with Crippen LogP contribution in [0.2, 0.25) is 0 Å². The van der Waals surface area contributed by atoms with Gasteiger partial charge in [-0.2, -0.15) is 0 Å². The molecule has 16 heavy (non-hydrogen) atoms. The maximum absolute atomic E-state index is 3.60. The summed E-state index contributed by atoms with van der Waals surface area (Å²) < 4.78 is 0. The molecule has 1 rings (SSSR count). The molecule has 1 nitrogen and oxygen atoms in total. The summed E-state index contributed by atoms with van der Waals surface area (Å²) in [5.41, 5.74) is 5.73. The lowest BCUT2D eigenvalue weighted by molar-refractivity contribution is 0.505. The topological polar surface area (TPSA) is 12.0 Å². The van der Waals surface area contributed by atoms with Crippen LogP contribution in [-0.2, 0) is 0 Å². The van der Waals surface area contributed by atoms with Crippen molar-refractivity contribution in [2.24, 2.45) is 0 Å². The predicted octanol–water partition coefficient (Wildman–Crippen LogP) is 4.06. The van der Waals surface area contributed by atoms with E-state index in [0.29, 0.717) is 6.04 Å². The van der Waals surface area contributed by atoms with Crippen LogP contribution in [0.25, 0.3) is 0 Å². The molecule has 1 heteroatoms. The molecule has 0 bridgehead atoms. The van der Waals surface area contributed by atoms with E-state index in [9.17, 15) is 0 Å². The van der Waals surface area contributed by atoms with E-state index in [1.54, 1.807) is 0 Å². The summed E-state index contributed by atoms with van der Waals surface area (Å²) in [6, 6.07) is 5.11. The van der Waals surface area contributed by atoms with E-state index in [-0.39, 0.29) is 0 Å². The molecule has 0 aromatic heterocycles. The van der Waals surface area contributed by atoms with Gasteiger partial charge in [-0.1, -0.05) is 38.0 Å². The summed E-state index contributed by atoms with van der Waals surface area (Å²) in [4.78, 5) is 0. The molecular formula is C15H25N. The molecule has 0 amide bonds. The first kappa shape index (κ1) is 13.2. The molecule has 0 radical (unpaired) electrons. The van der Waals surface area contributed by atoms with Gasteiger partial charge in [-0.3, -0.25) is 0 Å². The first-order valence-corrected chi connectivity index (χ1v) is 6.41. The summed E-state index contributed by atoms with van der Waals surface area (Å²) in [7, 11) is 0. The van der Waals surface area contributed by atoms with E-state index in [2.05, 4.69) is 52.1 Å². The first-order valence-electron chi connectivity index (χ1n) is 6.41. The van der Waals surface area contributed by atoms with Crippen molar-refractivity contribution in [3.8, 4) is 0 Å². The Hall–Kier alpha value is -0.820. The molecule has 0 saturated heterocycles. The van der Waals surface area contributed by atoms with Gasteiger partial charge in [-0.05, 0) is 50.4 Å². The average Bonchev–Trinajstić information content (AvgIpc) is 2.16. The molecule has 1 atom stereocenters. The number of nitrogens with one attached hydrogen (secondary N) is 1. The summed E-state index contributed by atoms with van der Waals surface area (Å²) in [6.45, 7) is 12.1. The third kappa shape index (κ3) is 3.08. The Bertz CT molecular complexity index is 312. The standard InChI is InChI=1S/C15H25N/c1-6-8-14(16-7-2)15-12(4)9-11(3)10-13(15)5/h9-10,14,16H,6-8H2,1-5H3. The molecule has 0 heterocycles. The maximum atomic E-state index is 3.60. The number of hydrogen-bond acceptors (Lipinski definition) is 1. The van der Waals surface area contributed by atoms with Crippen LogP contribution in [0.1, 0.15) is 55.0 Å². The zero-order valence-electron chi connectivity index (χ0n) is 11.4. The molecule has 0 aliphatic heterocycles. The van der Waals surface area contributed by atoms with Crippen molar-refractivity contribution in [3.05, 3.63) is 34.4 Å². The van der Waals surface area contributed by atoms with E-state index < -0.39 is 0 Å². The second kappa shape index (κ2) is 6.05. The van der Waals surface area contributed by atoms with Crippen molar-refractivity contribution in [2.75, 3.05) is 6.54 Å². The number of benzene rings is 1. The van der Waals surface area contributed by atoms with Crippen molar-refractivity contribution >= 4 is 0 Å². The highest BCUT2D eigenvalue weighted by molar-refractivity contribution is 5.39. The number of hydrogen-bond donors (Lipinski definition) is 1. The lowest BCUT2D eigenvalue weighted by atomic mass is 9.92. The quantitative estimate of drug-likeness (QED) is 0.787. The Morgan fingerprint density at radius 3 is 2.06 bits per heavy atom. The van der Waals surface area contributed by atoms with Crippen LogP contribution in [0.4, 0.5) is 0 Å². The monoisotopic (exact) mass is 219 g/mol. The number of rotatable bonds is 5. The second-order valence-electron chi connectivity index (χ2n) is 4.71. The van der Waals surface area contributed by atoms with Crippen LogP contribution in [-0.4, -0.2) is 6.54 Å². The second-order valence-corrected chi connectivity index (χ2v) is 4.71. The average molecular weight is 219 g/mol. The van der Waals surface area contributed by atoms with Crippen LogP contribution in [0.5, 0.6) is 0 Å². The SMILES string of the molecule is CCCC(NCC)c1c(C)cc(C)cc1C. The van der Waals surface area contributed by atoms with Gasteiger partial charge in [0.25, 0.3) is 0 Å². The Morgan fingerprint density at radius 2 is 1.62 bits per heavy atom. The van der Waals surface area contributed by atoms with Crippen LogP contribution in [0.15, 0.2) is 12.1 Å². The molecular weight excluding hydrogens is 194 g/mol. The van der Waals surface area contributed by atoms with Crippen molar-refractivity contribution in [1.82, 2.24) is 5.32 Å². The van der Waals surface area contributed by atoms with Gasteiger partial charge < -0.3 is 5.32 Å². The molecule has 0 aliphatic carbocycles. The third-order valence-electron chi connectivity index (χ3n) is 3.11. The fourth-order valence-electron chi connectivity index (χ4n) is 2.62. The smallest absolute Gasteiger partial charge is 0.0325 e. The predicted molar refractivity (Wildman–Crippen MR) is 72.0 cm³/mol. The van der Waals surface area contributed by atoms with E-state index in [1.165, 1.54) is 35.1 Å². The number of aryl methyl sites for hydroxylation is 3. The summed E-state index contributed by atoms with van der Waals surface area (Å²) in [5.74, 6) is 0. The summed E-state index contributed by atoms with van der Waals surface area (Å²) in [6.07, 6.45) is 2.45. The molecule has 0 spiro atoms. The summed E-state index contributed by atoms with van der Waals surface area (Å²) in [5, 5.41) is 3.60. The molecule has 0 saturated carbocycles. The van der Waals surface area contributed by atoms with Gasteiger partial charge in [0.2, 0.25) is 0 Å². The highest BCUT2D eigenvalue weighted by Gasteiger charge is 2.14. The minimum atomic E-state index is 0.524. The molecule has 1 unspecified atom stereocenters. The molecule has 1 aromatic rings. The minimum absolute atomic E-state index is 0.524. The van der Waals surface area contributed by atoms with Gasteiger partial charge in [0, 0.05) is 6.04 Å². The molecule has 0 fully saturated rings. The minimum Gasteiger partial charge on any atom is -0.310 e. The van der Waals surface area contributed by atoms with Gasteiger partial charge >= 0.3 is 0 Å². The van der Waals surface area contributed by atoms with Crippen molar-refractivity contribution in [1.29, 1.82) is 0 Å². The maximum Gasteiger partial charge on any atom is 0.0325 e. The fraction of sp³-hybridized carbons (Fsp3) is 0.600. The van der Waals surface area contributed by atoms with Gasteiger partial charge in [-0.15, -0.1) is 0 Å². The first-order chi connectivity index (χ1) is 7.60. The van der Waals surface area contributed by atoms with E-state index in [4.69, 9.17) is 0 Å². The Morgan fingerprint density at radius 1 is 1.06 bits per heavy atom. The van der Waals surface area contributed by atoms with Crippen LogP contribution in [0.3, 0.4) is 0 Å². The lowest BCUT2D eigenvalue weighted by Crippen LogP contribution is -2.22. The van der Waals surface area contributed by atoms with Gasteiger partial charge in [-0.25, -0.2) is 0 Å². The largest absolute Gasteiger partial charge is 0.310 e. The van der Waals surface area contributed by atoms with Crippen LogP contribution < -0.4 is 5.32 Å². The molecule has 90 valence electrons. The van der Waals surface area contributed by atoms with Crippen LogP contribution >= 0.6 is 0 Å². The van der Waals surface area contributed by atoms with E-state index in [0.717, 1.165) is 6.54 Å². The lowest BCUT2D eigenvalue weighted by Gasteiger charge is -2.22. The van der Waals surface area contributed by atoms with Crippen molar-refractivity contribution in [2.45, 2.75) is 53.5 Å². The van der Waals surface area contributed by atoms with Gasteiger partial charge in [0.15, 0.2) is 0 Å². The van der Waals surface area contributed by atoms with Gasteiger partial charge in [0.05, 0.1) is 0 Å². The Balaban J connectivity index is 3.07. The Labute approximate surface area is 100 Å². The molecule has 0 aliphatic rings. The van der Waals surface area contributed by atoms with Crippen molar-refractivity contribution < 1.29 is 0 Å². The highest BCUT2D eigenvalue weighted by atomic mass is 14.9. The van der Waals surface area contributed by atoms with Crippen LogP contribution in [0, 0.1) is 20.8 Å². The van der Waals surface area contributed by atoms with E-state index in [1.807, 2.05) is 0 Å². The third-order valence-corrected chi connectivity index (χ3v) is 3.11. The highest BCUT2D eigenvalue weighted by Crippen LogP contribution is 2.26. The molecule has 1 N–H and O–H groups in total. The van der Waals surface area contributed by atoms with Crippen molar-refractivity contribution in [3.63, 3.8) is 0 Å². The Kier molecular flexibility index (Phi) is 5.01. The normalized spacial score (nSPS) is 12.8. The van der Waals surface area contributed by atoms with E-state index >= 15 is 0 Å². The zero-order valence-corrected chi connectivity index (χ0v) is 11.4. The van der Waals surface area contributed by atoms with Gasteiger partial charge in [0.1, 0.15) is 0 Å².